The Hall–Kier alpha value is -2.42. The van der Waals surface area contributed by atoms with Gasteiger partial charge in [0.05, 0.1) is 0 Å². The highest BCUT2D eigenvalue weighted by atomic mass is 127. The van der Waals surface area contributed by atoms with Crippen molar-refractivity contribution in [1.82, 2.24) is 5.32 Å². The lowest BCUT2D eigenvalue weighted by Crippen LogP contribution is -2.45. The molecule has 2 aromatic rings. The molecule has 3 amide bonds. The van der Waals surface area contributed by atoms with Gasteiger partial charge in [0.25, 0.3) is 5.91 Å². The lowest BCUT2D eigenvalue weighted by molar-refractivity contribution is -0.119. The first-order chi connectivity index (χ1) is 11.8. The van der Waals surface area contributed by atoms with Gasteiger partial charge in [-0.05, 0) is 58.5 Å². The third kappa shape index (κ3) is 5.86. The molecule has 0 aliphatic carbocycles. The summed E-state index contributed by atoms with van der Waals surface area (Å²) in [5, 5.41) is 5.26. The largest absolute Gasteiger partial charge is 0.368 e. The van der Waals surface area contributed by atoms with Gasteiger partial charge < -0.3 is 16.4 Å². The van der Waals surface area contributed by atoms with Gasteiger partial charge in [0.15, 0.2) is 0 Å². The number of nitrogens with one attached hydrogen (secondary N) is 2. The van der Waals surface area contributed by atoms with Crippen molar-refractivity contribution in [2.45, 2.75) is 19.4 Å². The number of carbonyl (C=O) groups excluding carboxylic acids is 3. The van der Waals surface area contributed by atoms with Crippen molar-refractivity contribution in [1.29, 1.82) is 0 Å². The van der Waals surface area contributed by atoms with Gasteiger partial charge >= 0.3 is 0 Å². The molecule has 0 aromatic heterocycles. The molecule has 0 saturated carbocycles. The number of carbonyl (C=O) groups is 3. The van der Waals surface area contributed by atoms with Gasteiger partial charge in [-0.15, -0.1) is 0 Å². The molecule has 0 bridgehead atoms. The van der Waals surface area contributed by atoms with Crippen LogP contribution in [0.2, 0.25) is 0 Å². The molecular weight excluding hydrogens is 433 g/mol. The van der Waals surface area contributed by atoms with Crippen molar-refractivity contribution in [2.75, 3.05) is 5.32 Å². The van der Waals surface area contributed by atoms with E-state index in [0.29, 0.717) is 17.7 Å². The minimum absolute atomic E-state index is 0.230. The molecule has 6 nitrogen and oxygen atoms in total. The molecule has 2 aromatic carbocycles. The van der Waals surface area contributed by atoms with Gasteiger partial charge in [-0.2, -0.15) is 0 Å². The molecule has 130 valence electrons. The molecule has 4 N–H and O–H groups in total. The monoisotopic (exact) mass is 451 g/mol. The van der Waals surface area contributed by atoms with Gasteiger partial charge in [-0.1, -0.05) is 18.2 Å². The van der Waals surface area contributed by atoms with E-state index in [1.807, 2.05) is 24.3 Å². The maximum Gasteiger partial charge on any atom is 0.252 e. The molecule has 25 heavy (non-hydrogen) atoms. The Kier molecular flexibility index (Phi) is 6.51. The Bertz CT molecular complexity index is 790. The first kappa shape index (κ1) is 18.9. The number of benzene rings is 2. The normalized spacial score (nSPS) is 11.4. The smallest absolute Gasteiger partial charge is 0.252 e. The number of halogens is 1. The summed E-state index contributed by atoms with van der Waals surface area (Å²) < 4.78 is 1.08. The average Bonchev–Trinajstić information content (AvgIpc) is 2.55. The number of rotatable bonds is 6. The first-order valence-corrected chi connectivity index (χ1v) is 8.65. The third-order valence-corrected chi connectivity index (χ3v) is 4.17. The minimum atomic E-state index is -0.822. The Morgan fingerprint density at radius 2 is 1.80 bits per heavy atom. The summed E-state index contributed by atoms with van der Waals surface area (Å²) in [5.74, 6) is -1.27. The summed E-state index contributed by atoms with van der Waals surface area (Å²) in [4.78, 5) is 35.2. The molecule has 1 atom stereocenters. The first-order valence-electron chi connectivity index (χ1n) is 7.57. The van der Waals surface area contributed by atoms with Crippen LogP contribution in [0, 0.1) is 3.57 Å². The number of primary amides is 1. The predicted octanol–water partition coefficient (Wildman–Crippen LogP) is 2.08. The number of hydrogen-bond donors (Lipinski definition) is 3. The van der Waals surface area contributed by atoms with E-state index < -0.39 is 17.9 Å². The Balaban J connectivity index is 2.11. The Morgan fingerprint density at radius 1 is 1.12 bits per heavy atom. The summed E-state index contributed by atoms with van der Waals surface area (Å²) in [6, 6.07) is 13.3. The zero-order valence-electron chi connectivity index (χ0n) is 13.6. The standard InChI is InChI=1S/C18H18IN3O3/c1-11(23)21-15-4-2-3-13(10-15)18(25)22-16(17(20)24)9-12-5-7-14(19)8-6-12/h2-8,10,16H,9H2,1H3,(H2,20,24)(H,21,23)(H,22,25)/t16-/m0/s1. The quantitative estimate of drug-likeness (QED) is 0.587. The average molecular weight is 451 g/mol. The maximum absolute atomic E-state index is 12.4. The fourth-order valence-electron chi connectivity index (χ4n) is 2.26. The second-order valence-corrected chi connectivity index (χ2v) is 6.77. The fraction of sp³-hybridized carbons (Fsp3) is 0.167. The zero-order chi connectivity index (χ0) is 18.4. The van der Waals surface area contributed by atoms with Gasteiger partial charge in [0, 0.05) is 28.2 Å². The summed E-state index contributed by atoms with van der Waals surface area (Å²) in [5.41, 5.74) is 7.17. The predicted molar refractivity (Wildman–Crippen MR) is 104 cm³/mol. The summed E-state index contributed by atoms with van der Waals surface area (Å²) >= 11 is 2.19. The van der Waals surface area contributed by atoms with E-state index in [2.05, 4.69) is 33.2 Å². The second kappa shape index (κ2) is 8.61. The minimum Gasteiger partial charge on any atom is -0.368 e. The van der Waals surface area contributed by atoms with E-state index in [-0.39, 0.29) is 5.91 Å². The van der Waals surface area contributed by atoms with Crippen LogP contribution in [0.3, 0.4) is 0 Å². The van der Waals surface area contributed by atoms with E-state index in [1.165, 1.54) is 6.92 Å². The van der Waals surface area contributed by atoms with Crippen LogP contribution in [0.1, 0.15) is 22.8 Å². The van der Waals surface area contributed by atoms with Crippen LogP contribution in [0.5, 0.6) is 0 Å². The fourth-order valence-corrected chi connectivity index (χ4v) is 2.62. The van der Waals surface area contributed by atoms with Gasteiger partial charge in [-0.3, -0.25) is 14.4 Å². The zero-order valence-corrected chi connectivity index (χ0v) is 15.7. The molecule has 0 fully saturated rings. The van der Waals surface area contributed by atoms with Crippen molar-refractivity contribution >= 4 is 46.0 Å². The molecule has 0 spiro atoms. The van der Waals surface area contributed by atoms with Crippen LogP contribution in [0.15, 0.2) is 48.5 Å². The molecular formula is C18H18IN3O3. The molecule has 2 rings (SSSR count). The number of nitrogens with two attached hydrogens (primary N) is 1. The van der Waals surface area contributed by atoms with E-state index in [1.54, 1.807) is 24.3 Å². The van der Waals surface area contributed by atoms with Crippen LogP contribution >= 0.6 is 22.6 Å². The van der Waals surface area contributed by atoms with Crippen LogP contribution in [0.25, 0.3) is 0 Å². The van der Waals surface area contributed by atoms with E-state index in [4.69, 9.17) is 5.73 Å². The highest BCUT2D eigenvalue weighted by Gasteiger charge is 2.19. The van der Waals surface area contributed by atoms with Crippen LogP contribution < -0.4 is 16.4 Å². The molecule has 0 radical (unpaired) electrons. The lowest BCUT2D eigenvalue weighted by atomic mass is 10.0. The molecule has 7 heteroatoms. The molecule has 0 heterocycles. The van der Waals surface area contributed by atoms with E-state index in [0.717, 1.165) is 9.13 Å². The Morgan fingerprint density at radius 3 is 2.40 bits per heavy atom. The molecule has 0 saturated heterocycles. The Labute approximate surface area is 159 Å². The number of hydrogen-bond acceptors (Lipinski definition) is 3. The molecule has 0 unspecified atom stereocenters. The second-order valence-electron chi connectivity index (χ2n) is 5.52. The molecule has 0 aliphatic rings. The van der Waals surface area contributed by atoms with Crippen molar-refractivity contribution < 1.29 is 14.4 Å². The van der Waals surface area contributed by atoms with Gasteiger partial charge in [-0.25, -0.2) is 0 Å². The highest BCUT2D eigenvalue weighted by Crippen LogP contribution is 2.12. The number of amides is 3. The summed E-state index contributed by atoms with van der Waals surface area (Å²) in [6.45, 7) is 1.39. The maximum atomic E-state index is 12.4. The van der Waals surface area contributed by atoms with Crippen LogP contribution in [-0.2, 0) is 16.0 Å². The number of anilines is 1. The topological polar surface area (TPSA) is 101 Å². The van der Waals surface area contributed by atoms with Crippen LogP contribution in [0.4, 0.5) is 5.69 Å². The third-order valence-electron chi connectivity index (χ3n) is 3.45. The molecule has 0 aliphatic heterocycles. The van der Waals surface area contributed by atoms with Crippen molar-refractivity contribution in [3.8, 4) is 0 Å². The lowest BCUT2D eigenvalue weighted by Gasteiger charge is -2.16. The van der Waals surface area contributed by atoms with Crippen LogP contribution in [-0.4, -0.2) is 23.8 Å². The summed E-state index contributed by atoms with van der Waals surface area (Å²) in [6.07, 6.45) is 0.309. The highest BCUT2D eigenvalue weighted by molar-refractivity contribution is 14.1. The van der Waals surface area contributed by atoms with Crippen molar-refractivity contribution in [3.63, 3.8) is 0 Å². The van der Waals surface area contributed by atoms with Crippen molar-refractivity contribution in [2.24, 2.45) is 5.73 Å². The van der Waals surface area contributed by atoms with Gasteiger partial charge in [0.1, 0.15) is 6.04 Å². The van der Waals surface area contributed by atoms with E-state index >= 15 is 0 Å². The van der Waals surface area contributed by atoms with Gasteiger partial charge in [0.2, 0.25) is 11.8 Å². The van der Waals surface area contributed by atoms with Crippen molar-refractivity contribution in [3.05, 3.63) is 63.2 Å². The van der Waals surface area contributed by atoms with E-state index in [9.17, 15) is 14.4 Å². The SMILES string of the molecule is CC(=O)Nc1cccc(C(=O)N[C@@H](Cc2ccc(I)cc2)C(N)=O)c1. The summed E-state index contributed by atoms with van der Waals surface area (Å²) in [7, 11) is 0.